The summed E-state index contributed by atoms with van der Waals surface area (Å²) >= 11 is 0. The maximum absolute atomic E-state index is 13.0. The van der Waals surface area contributed by atoms with Crippen LogP contribution in [0.4, 0.5) is 21.8 Å². The maximum Gasteiger partial charge on any atom is 1.00 e. The van der Waals surface area contributed by atoms with Gasteiger partial charge in [-0.05, 0) is 277 Å². The van der Waals surface area contributed by atoms with Gasteiger partial charge in [-0.15, -0.1) is 0 Å². The largest absolute Gasteiger partial charge is 1.00 e. The van der Waals surface area contributed by atoms with Crippen LogP contribution in [0.1, 0.15) is 258 Å². The van der Waals surface area contributed by atoms with Gasteiger partial charge in [0.2, 0.25) is 5.95 Å². The molecule has 130 heavy (non-hydrogen) atoms. The Bertz CT molecular complexity index is 4290. The maximum atomic E-state index is 13.0. The predicted molar refractivity (Wildman–Crippen MR) is 503 cm³/mol. The fourth-order valence-corrected chi connectivity index (χ4v) is 19.2. The van der Waals surface area contributed by atoms with Crippen LogP contribution in [-0.4, -0.2) is 237 Å². The molecule has 5 amide bonds. The average Bonchev–Trinajstić information content (AvgIpc) is 0.785. The van der Waals surface area contributed by atoms with Gasteiger partial charge in [0, 0.05) is 109 Å². The van der Waals surface area contributed by atoms with E-state index in [0.29, 0.717) is 64.0 Å². The van der Waals surface area contributed by atoms with Crippen molar-refractivity contribution < 1.29 is 203 Å². The number of likely N-dealkylation sites (tertiary alicyclic amines) is 1. The minimum Gasteiger partial charge on any atom is -1.00 e. The molecule has 706 valence electrons. The fraction of sp³-hybridized carbons (Fsp3) is 0.614. The normalized spacial score (nSPS) is 18.3. The van der Waals surface area contributed by atoms with Gasteiger partial charge in [-0.1, -0.05) is 125 Å². The Hall–Kier alpha value is -5.44. The number of aromatic nitrogens is 4. The predicted octanol–water partition coefficient (Wildman–Crippen LogP) is 8.54. The zero-order valence-corrected chi connectivity index (χ0v) is 93.8. The van der Waals surface area contributed by atoms with Crippen LogP contribution in [0.3, 0.4) is 0 Å². The van der Waals surface area contributed by atoms with Crippen LogP contribution in [0.5, 0.6) is 0 Å². The van der Waals surface area contributed by atoms with Gasteiger partial charge in [0.05, 0.1) is 45.0 Å². The van der Waals surface area contributed by atoms with Crippen molar-refractivity contribution in [3.8, 4) is 0 Å². The van der Waals surface area contributed by atoms with E-state index in [2.05, 4.69) is 35.2 Å². The van der Waals surface area contributed by atoms with E-state index in [9.17, 15) is 43.4 Å². The molecule has 8 fully saturated rings. The Morgan fingerprint density at radius 3 is 0.923 bits per heavy atom. The molecule has 6 aliphatic heterocycles. The van der Waals surface area contributed by atoms with E-state index in [1.807, 2.05) is 92.4 Å². The van der Waals surface area contributed by atoms with Crippen molar-refractivity contribution in [2.45, 2.75) is 220 Å². The van der Waals surface area contributed by atoms with Crippen LogP contribution in [0.15, 0.2) is 109 Å². The van der Waals surface area contributed by atoms with E-state index in [4.69, 9.17) is 30.1 Å². The third kappa shape index (κ3) is 36.2. The number of amides is 5. The number of aliphatic hydroxyl groups is 2. The summed E-state index contributed by atoms with van der Waals surface area (Å²) in [4.78, 5) is 116. The summed E-state index contributed by atoms with van der Waals surface area (Å²) in [6.07, 6.45) is 35.4. The van der Waals surface area contributed by atoms with Crippen molar-refractivity contribution in [3.05, 3.63) is 171 Å². The van der Waals surface area contributed by atoms with Crippen LogP contribution in [-0.2, 0) is 30.5 Å². The summed E-state index contributed by atoms with van der Waals surface area (Å²) in [6.45, 7) is 22.8. The number of carboxylic acids is 1. The second-order valence-corrected chi connectivity index (χ2v) is 37.7. The Morgan fingerprint density at radius 2 is 0.662 bits per heavy atom. The number of benzene rings is 2. The standard InChI is InChI=1S/C29H40N4O3.C21H33N3O.C20H32N4O.C12H23N.C9H11FN2O.C9H10O3.CH2O3.2Cs.H/c1-21-25(27(34)31(3)4)10-11-26(30-21)32-16-12-22(13-17-32)20-23-14-18-33(19-15-23)28(35)29(2,36)24-8-6-5-7-9-24;1-16-19(21(25)23(2)3)9-10-20(22-16)24-13-11-18(12-14-24)15-17-7-5-4-6-8-17;1-15-18(20(25)23(2)3)4-5-19(22-15)24-12-8-17(9-13-24)14-16-6-10-21-11-7-16;1-2-4-11(5-3-1)10-12-6-8-13-9-7-12;1-6-7(9(13)12(2)3)4-5-8(10)11-6;1-9(12,8(10)11)7-5-3-2-4-6-7;2-1-4-3;;;/h5-11,22-23,36H,12-20H2,1-4H3;9-10,17-18H,4-8,11-15H2,1-3H3;4-5,16-17,21H,6-14H2,1-3H3;11-13H,1-10H2;4-5H,1-3H3;2-6,12H,1H3,(H,10,11);1,3H;;;/q;;;;;;;2*+1;-1/p-1/t29-;;;;;9-;;;;/m1....1..../s1. The van der Waals surface area contributed by atoms with E-state index in [0.717, 1.165) is 135 Å². The summed E-state index contributed by atoms with van der Waals surface area (Å²) in [5.74, 6) is 8.05. The van der Waals surface area contributed by atoms with Gasteiger partial charge in [-0.2, -0.15) is 4.39 Å². The number of aliphatic carboxylic acids is 1. The molecule has 2 aliphatic carbocycles. The molecule has 2 saturated carbocycles. The van der Waals surface area contributed by atoms with Crippen LogP contribution >= 0.6 is 0 Å². The smallest absolute Gasteiger partial charge is 1.00 e. The average molecular weight is 2040 g/mol. The molecule has 2 aromatic carbocycles. The number of hydrogen-bond donors (Lipinski definition) is 5. The number of pyridine rings is 4. The van der Waals surface area contributed by atoms with Crippen molar-refractivity contribution in [1.82, 2.24) is 55.1 Å². The van der Waals surface area contributed by atoms with Gasteiger partial charge in [0.25, 0.3) is 36.0 Å². The summed E-state index contributed by atoms with van der Waals surface area (Å²) < 4.78 is 12.6. The van der Waals surface area contributed by atoms with E-state index in [-0.39, 0.29) is 175 Å². The number of hydrogen-bond acceptors (Lipinski definition) is 20. The van der Waals surface area contributed by atoms with E-state index in [1.165, 1.54) is 185 Å². The van der Waals surface area contributed by atoms with Crippen LogP contribution < -0.4 is 168 Å². The number of carbonyl (C=O) groups is 7. The second kappa shape index (κ2) is 58.2. The summed E-state index contributed by atoms with van der Waals surface area (Å²) in [5, 5.41) is 44.4. The van der Waals surface area contributed by atoms with E-state index >= 15 is 0 Å². The van der Waals surface area contributed by atoms with Crippen LogP contribution in [0, 0.1) is 81.0 Å². The molecule has 6 aromatic rings. The Kier molecular flexibility index (Phi) is 50.7. The van der Waals surface area contributed by atoms with Gasteiger partial charge in [-0.3, -0.25) is 28.8 Å². The third-order valence-electron chi connectivity index (χ3n) is 27.1. The molecule has 0 radical (unpaired) electrons. The molecular formula is C101H151Cs2FN14O12. The molecule has 14 rings (SSSR count). The molecule has 10 heterocycles. The molecular weight excluding hydrogens is 1890 g/mol. The van der Waals surface area contributed by atoms with Gasteiger partial charge < -0.3 is 76.7 Å². The number of carbonyl (C=O) groups excluding carboxylic acids is 6. The third-order valence-corrected chi connectivity index (χ3v) is 27.1. The van der Waals surface area contributed by atoms with Crippen LogP contribution in [0.2, 0.25) is 0 Å². The Labute approximate surface area is 894 Å². The summed E-state index contributed by atoms with van der Waals surface area (Å²) in [6, 6.07) is 31.9. The van der Waals surface area contributed by atoms with Crippen molar-refractivity contribution in [2.75, 3.05) is 150 Å². The fourth-order valence-electron chi connectivity index (χ4n) is 19.2. The first kappa shape index (κ1) is 113. The zero-order chi connectivity index (χ0) is 93.0. The first-order chi connectivity index (χ1) is 61.2. The number of nitrogens with zero attached hydrogens (tertiary/aromatic N) is 12. The van der Waals surface area contributed by atoms with E-state index in [1.54, 1.807) is 122 Å². The minimum absolute atomic E-state index is 0. The quantitative estimate of drug-likeness (QED) is 0.0207. The molecule has 0 spiro atoms. The molecule has 4 aromatic heterocycles. The second-order valence-electron chi connectivity index (χ2n) is 37.7. The van der Waals surface area contributed by atoms with Crippen molar-refractivity contribution in [3.63, 3.8) is 0 Å². The SMILES string of the molecule is C1CCC(CC2CCNCC2)CC1.C[C@](O)(C(=O)O)c1ccccc1.Cc1nc(F)ccc1C(=O)N(C)C.Cc1nc(N2CCC(CC3CCCCC3)CC2)ccc1C(=O)N(C)C.Cc1nc(N2CCC(CC3CCN(C(=O)[C@](C)(O)c4ccccc4)CC3)CC2)ccc1C(=O)N(C)C.Cc1nc(N2CCC(CC3CCNCC3)CC2)ccc1C(=O)N(C)C.O=CO[O-].[Cs+].[Cs+].[H-]. The monoisotopic (exact) mass is 2040 g/mol. The molecule has 8 aliphatic rings. The molecule has 0 unspecified atom stereocenters. The topological polar surface area (TPSA) is 314 Å². The number of nitrogens with one attached hydrogen (secondary N) is 2. The van der Waals surface area contributed by atoms with Gasteiger partial charge in [-0.25, -0.2) is 24.7 Å². The number of piperidine rings is 6. The molecule has 2 atom stereocenters. The van der Waals surface area contributed by atoms with E-state index < -0.39 is 23.1 Å². The Balaban J connectivity index is 0.000000286. The number of rotatable bonds is 20. The zero-order valence-electron chi connectivity index (χ0n) is 82.2. The molecule has 5 N–H and O–H groups in total. The first-order valence-corrected chi connectivity index (χ1v) is 47.1. The Morgan fingerprint density at radius 1 is 0.408 bits per heavy atom. The number of anilines is 3. The number of aryl methyl sites for hydroxylation is 4. The molecule has 0 bridgehead atoms. The van der Waals surface area contributed by atoms with Gasteiger partial charge in [0.1, 0.15) is 17.5 Å². The molecule has 26 nitrogen and oxygen atoms in total. The minimum atomic E-state index is -1.79. The summed E-state index contributed by atoms with van der Waals surface area (Å²) in [7, 11) is 13.9. The van der Waals surface area contributed by atoms with Gasteiger partial charge >= 0.3 is 144 Å². The number of carboxylic acid groups (broad SMARTS) is 1. The number of halogens is 1. The first-order valence-electron chi connectivity index (χ1n) is 47.1. The van der Waals surface area contributed by atoms with Crippen molar-refractivity contribution in [1.29, 1.82) is 0 Å². The van der Waals surface area contributed by atoms with Crippen molar-refractivity contribution >= 4 is 59.4 Å². The van der Waals surface area contributed by atoms with Crippen LogP contribution in [0.25, 0.3) is 0 Å². The van der Waals surface area contributed by atoms with Crippen molar-refractivity contribution in [2.24, 2.45) is 47.3 Å². The molecule has 29 heteroatoms. The molecule has 6 saturated heterocycles. The summed E-state index contributed by atoms with van der Waals surface area (Å²) in [5.41, 5.74) is 3.13. The van der Waals surface area contributed by atoms with Gasteiger partial charge in [0.15, 0.2) is 11.2 Å².